The number of hydrogen-bond donors (Lipinski definition) is 7. The van der Waals surface area contributed by atoms with Crippen molar-refractivity contribution in [3.05, 3.63) is 94.8 Å². The molecule has 1 aromatic heterocycles. The van der Waals surface area contributed by atoms with E-state index >= 15 is 0 Å². The van der Waals surface area contributed by atoms with Gasteiger partial charge in [-0.05, 0) is 196 Å². The lowest BCUT2D eigenvalue weighted by Crippen LogP contribution is -2.77. The molecular formula is C91H123N15O18S. The first-order valence-electron chi connectivity index (χ1n) is 45.0. The van der Waals surface area contributed by atoms with Gasteiger partial charge in [0, 0.05) is 122 Å². The number of imide groups is 1. The molecular weight excluding hydrogens is 1620 g/mol. The van der Waals surface area contributed by atoms with Crippen molar-refractivity contribution in [3.63, 3.8) is 0 Å². The minimum atomic E-state index is -3.19. The predicted molar refractivity (Wildman–Crippen MR) is 463 cm³/mol. The van der Waals surface area contributed by atoms with Crippen LogP contribution in [0.1, 0.15) is 244 Å². The molecule has 22 rings (SSSR count). The predicted octanol–water partition coefficient (Wildman–Crippen LogP) is 5.96. The molecule has 34 heteroatoms. The largest absolute Gasteiger partial charge is 1.00 e. The van der Waals surface area contributed by atoms with Crippen LogP contribution in [0, 0.1) is 11.1 Å². The first kappa shape index (κ1) is 92.1. The number of pyridine rings is 1. The van der Waals surface area contributed by atoms with Gasteiger partial charge in [-0.1, -0.05) is 68.4 Å². The lowest BCUT2D eigenvalue weighted by Gasteiger charge is -2.57. The highest BCUT2D eigenvalue weighted by atomic mass is 32.2. The first-order chi connectivity index (χ1) is 59.5. The molecule has 0 bridgehead atoms. The minimum absolute atomic E-state index is 0. The number of likely N-dealkylation sites (tertiary alicyclic amines) is 4. The standard InChI is InChI=1S/C26H37N5O5.C11H11NO.C9H9N3O.C9H13NO2.C8H13NO3S.C7H11NO2.C7H10NO2.2C7H9NO/c1-15(2)19(27)24(35)31-21(17-9-5-4-6-10-17)26(25(31)36)12-8-14-30(26)22(33)18-11-7-13-29(18)23(34)20(28)16(3)32;13-10-5-6-11(10)7-8-3-1-2-4-9(8)12-11;13-8-9(5-11-8)4-6-2-1-3-10-7(6)12-9;1-7(11)10-6-2-4-9(10)5-3-8(9)12;1-13(11,12)9-6-2-4-8(9)5-3-7(8)10;2*9-6-2-4-7(6)3-1-5-8(7)10;2*9-6-2-4-7(6)3-1-5-8-7/h4-6,9-10,15-16,18-21,32H,7-8,11-14,27-28H2,1-3H3;1-4,12H,5-7H2;1-3H,4-5H2,(H,10,12)(H,11,13);2-6H2,1H3;2-6H2,1H3;10H,1-5H2;1-5H2;2*5H,1-4H2/q;;;;;;-1;;/p+1. The van der Waals surface area contributed by atoms with E-state index in [2.05, 4.69) is 43.1 Å². The molecule has 6 amide bonds. The van der Waals surface area contributed by atoms with E-state index in [0.29, 0.717) is 108 Å². The number of para-hydroxylation sites is 1. The summed E-state index contributed by atoms with van der Waals surface area (Å²) in [7, 11) is -3.19. The number of sulfonamides is 1. The number of aromatic nitrogens is 1. The van der Waals surface area contributed by atoms with E-state index < -0.39 is 80.2 Å². The number of fused-ring (bicyclic) bond motifs is 2. The van der Waals surface area contributed by atoms with Gasteiger partial charge in [-0.3, -0.25) is 77.2 Å². The Morgan fingerprint density at radius 1 is 0.552 bits per heavy atom. The second-order valence-electron chi connectivity index (χ2n) is 37.7. The molecule has 15 fully saturated rings. The maximum Gasteiger partial charge on any atom is 1.00 e. The Balaban J connectivity index is 0.000000128. The SMILES string of the molecule is CC(=O)N1CCCC12CCC2=O.CC(C)C(N)C(=O)N1C(=O)C2(CCCN2C(=O)C2CCCN2C(=O)C(N)C(C)O)C1c1ccccc1.CS(=O)(=O)N1CCCC12CCC2=O.O=C1CCC12CCC=N2.O=C1CCC12CCC=N2.O=C1CCC12CCCN2O.O=C1CCC12CCCN2[O-].O=C1CCC12Cc1ccccc1N2.O=C1NCC12Cc1cccnc1N2.[H+]. The summed E-state index contributed by atoms with van der Waals surface area (Å²) in [6, 6.07) is 18.0. The molecule has 2 aromatic carbocycles. The third-order valence-electron chi connectivity index (χ3n) is 30.2. The zero-order chi connectivity index (χ0) is 89.6. The fourth-order valence-corrected chi connectivity index (χ4v) is 23.0. The number of amides is 6. The molecule has 0 radical (unpaired) electrons. The van der Waals surface area contributed by atoms with Gasteiger partial charge in [0.05, 0.1) is 42.1 Å². The van der Waals surface area contributed by atoms with Crippen molar-refractivity contribution in [2.24, 2.45) is 27.4 Å². The Morgan fingerprint density at radius 3 is 1.50 bits per heavy atom. The molecule has 33 nitrogen and oxygen atoms in total. The van der Waals surface area contributed by atoms with E-state index in [4.69, 9.17) is 11.5 Å². The number of ketones is 7. The third kappa shape index (κ3) is 16.7. The van der Waals surface area contributed by atoms with Crippen molar-refractivity contribution >= 4 is 110 Å². The van der Waals surface area contributed by atoms with Gasteiger partial charge in [-0.25, -0.2) is 13.4 Å². The summed E-state index contributed by atoms with van der Waals surface area (Å²) in [6.45, 7) is 10.6. The second kappa shape index (κ2) is 36.2. The lowest BCUT2D eigenvalue weighted by atomic mass is 9.72. The number of Topliss-reactive ketones (excluding diaryl/α,β-unsaturated/α-hetero) is 7. The Labute approximate surface area is 731 Å². The molecule has 125 heavy (non-hydrogen) atoms. The van der Waals surface area contributed by atoms with Gasteiger partial charge < -0.3 is 62.7 Å². The molecule has 14 unspecified atom stereocenters. The number of β-lactam (4-membered cyclic amide) rings is 2. The Morgan fingerprint density at radius 2 is 1.09 bits per heavy atom. The van der Waals surface area contributed by atoms with Crippen LogP contribution in [0.5, 0.6) is 0 Å². The number of hydrogen-bond acceptors (Lipinski definition) is 27. The molecule has 8 saturated heterocycles. The van der Waals surface area contributed by atoms with E-state index in [1.54, 1.807) is 22.9 Å². The number of carbonyl (C=O) groups is 13. The summed E-state index contributed by atoms with van der Waals surface area (Å²) in [6.07, 6.45) is 31.4. The number of aliphatic hydroxyl groups is 1. The molecule has 13 heterocycles. The number of carbonyl (C=O) groups excluding carboxylic acids is 13. The zero-order valence-electron chi connectivity index (χ0n) is 73.6. The van der Waals surface area contributed by atoms with Gasteiger partial charge in [-0.15, -0.1) is 0 Å². The second-order valence-corrected chi connectivity index (χ2v) is 39.6. The Kier molecular flexibility index (Phi) is 26.7. The van der Waals surface area contributed by atoms with Crippen LogP contribution in [0.25, 0.3) is 0 Å². The fourth-order valence-electron chi connectivity index (χ4n) is 21.7. The average molecular weight is 1750 g/mol. The number of hydroxylamine groups is 4. The molecule has 19 aliphatic rings. The van der Waals surface area contributed by atoms with Gasteiger partial charge in [0.2, 0.25) is 39.6 Å². The number of benzene rings is 2. The summed E-state index contributed by atoms with van der Waals surface area (Å²) in [4.78, 5) is 173. The maximum atomic E-state index is 14.0. The fraction of sp³-hybridized carbons (Fsp3) is 0.648. The number of nitrogens with one attached hydrogen (secondary N) is 3. The summed E-state index contributed by atoms with van der Waals surface area (Å²) in [5, 5.41) is 41.7. The zero-order valence-corrected chi connectivity index (χ0v) is 73.4. The van der Waals surface area contributed by atoms with E-state index in [-0.39, 0.29) is 75.9 Å². The van der Waals surface area contributed by atoms with Crippen molar-refractivity contribution in [3.8, 4) is 0 Å². The van der Waals surface area contributed by atoms with Crippen LogP contribution in [-0.4, -0.2) is 272 Å². The molecule has 12 aliphatic heterocycles. The van der Waals surface area contributed by atoms with E-state index in [1.807, 2.05) is 80.9 Å². The van der Waals surface area contributed by atoms with E-state index in [0.717, 1.165) is 188 Å². The highest BCUT2D eigenvalue weighted by molar-refractivity contribution is 7.88. The van der Waals surface area contributed by atoms with Crippen LogP contribution >= 0.6 is 0 Å². The van der Waals surface area contributed by atoms with Crippen LogP contribution in [0.2, 0.25) is 0 Å². The van der Waals surface area contributed by atoms with Crippen molar-refractivity contribution in [1.82, 2.24) is 44.3 Å². The van der Waals surface area contributed by atoms with Crippen LogP contribution < -0.4 is 27.4 Å². The van der Waals surface area contributed by atoms with E-state index in [1.165, 1.54) is 37.9 Å². The quantitative estimate of drug-likeness (QED) is 0.134. The Bertz CT molecular complexity index is 4730. The van der Waals surface area contributed by atoms with Crippen LogP contribution in [0.15, 0.2) is 82.9 Å². The first-order valence-corrected chi connectivity index (χ1v) is 46.9. The monoisotopic (exact) mass is 1750 g/mol. The number of rotatable bonds is 7. The van der Waals surface area contributed by atoms with Crippen LogP contribution in [0.3, 0.4) is 0 Å². The molecule has 7 aliphatic carbocycles. The van der Waals surface area contributed by atoms with Crippen LogP contribution in [0.4, 0.5) is 11.5 Å². The van der Waals surface area contributed by atoms with Gasteiger partial charge in [0.25, 0.3) is 5.91 Å². The molecule has 9 N–H and O–H groups in total. The molecule has 7 saturated carbocycles. The lowest BCUT2D eigenvalue weighted by molar-refractivity contribution is -0.187. The molecule has 3 aromatic rings. The number of anilines is 2. The highest BCUT2D eigenvalue weighted by Gasteiger charge is 2.70. The van der Waals surface area contributed by atoms with Crippen molar-refractivity contribution in [1.29, 1.82) is 0 Å². The van der Waals surface area contributed by atoms with Gasteiger partial charge in [-0.2, -0.15) is 9.37 Å². The normalized spacial score (nSPS) is 33.5. The highest BCUT2D eigenvalue weighted by Crippen LogP contribution is 2.55. The number of nitrogens with two attached hydrogens (primary N) is 2. The van der Waals surface area contributed by atoms with Crippen molar-refractivity contribution < 1.29 is 82.5 Å². The number of aliphatic hydroxyl groups excluding tert-OH is 1. The molecule has 676 valence electrons. The summed E-state index contributed by atoms with van der Waals surface area (Å²) >= 11 is 0. The van der Waals surface area contributed by atoms with Crippen LogP contribution in [-0.2, 0) is 85.2 Å². The molecule has 9 spiro atoms. The maximum absolute atomic E-state index is 14.0. The van der Waals surface area contributed by atoms with Gasteiger partial charge >= 0.3 is 1.43 Å². The van der Waals surface area contributed by atoms with E-state index in [9.17, 15) is 86.3 Å². The van der Waals surface area contributed by atoms with Crippen molar-refractivity contribution in [2.45, 2.75) is 313 Å². The summed E-state index contributed by atoms with van der Waals surface area (Å²) < 4.78 is 24.1. The molecule has 14 atom stereocenters. The number of aliphatic imine (C=N–C) groups is 2. The summed E-state index contributed by atoms with van der Waals surface area (Å²) in [5.41, 5.74) is 12.3. The van der Waals surface area contributed by atoms with Gasteiger partial charge in [0.15, 0.2) is 40.5 Å². The smallest absolute Gasteiger partial charge is 0.784 e. The minimum Gasteiger partial charge on any atom is -0.784 e. The average Bonchev–Trinajstić information content (AvgIpc) is 1.36. The van der Waals surface area contributed by atoms with Gasteiger partial charge in [0.1, 0.15) is 56.7 Å². The number of nitrogens with zero attached hydrogens (tertiary/aromatic N) is 10. The third-order valence-corrected chi connectivity index (χ3v) is 31.6. The van der Waals surface area contributed by atoms with Crippen molar-refractivity contribution in [2.75, 3.05) is 62.7 Å². The Hall–Kier alpha value is -9.13. The topological polar surface area (TPSA) is 468 Å². The summed E-state index contributed by atoms with van der Waals surface area (Å²) in [5.74, 6) is 1.06.